The molecule has 0 amide bonds. The number of hydrogen-bond acceptors (Lipinski definition) is 11. The van der Waals surface area contributed by atoms with Crippen LogP contribution in [0.15, 0.2) is 20.4 Å². The Hall–Kier alpha value is -2.24. The van der Waals surface area contributed by atoms with Gasteiger partial charge in [0.1, 0.15) is 0 Å². The van der Waals surface area contributed by atoms with E-state index in [0.29, 0.717) is 6.61 Å². The van der Waals surface area contributed by atoms with Crippen LogP contribution in [0.3, 0.4) is 0 Å². The fourth-order valence-electron chi connectivity index (χ4n) is 4.71. The summed E-state index contributed by atoms with van der Waals surface area (Å²) >= 11 is 0. The molecule has 0 aromatic heterocycles. The Balaban J connectivity index is -0.000000101. The molecule has 0 fully saturated rings. The van der Waals surface area contributed by atoms with Crippen LogP contribution in [0.25, 0.3) is 0 Å². The molecule has 0 unspecified atom stereocenters. The van der Waals surface area contributed by atoms with Gasteiger partial charge in [-0.05, 0) is 34.1 Å². The van der Waals surface area contributed by atoms with E-state index in [9.17, 15) is 10.2 Å². The molecule has 0 aliphatic carbocycles. The Bertz CT molecular complexity index is 814. The van der Waals surface area contributed by atoms with Gasteiger partial charge in [0, 0.05) is 74.4 Å². The lowest BCUT2D eigenvalue weighted by atomic mass is 10.0. The molecule has 0 heterocycles. The molecule has 2 N–H and O–H groups in total. The average Bonchev–Trinajstić information content (AvgIpc) is 2.97. The number of nitrogens with zero attached hydrogens (tertiary/aromatic N) is 8. The first-order chi connectivity index (χ1) is 22.5. The van der Waals surface area contributed by atoms with Gasteiger partial charge in [0.05, 0.1) is 23.9 Å². The van der Waals surface area contributed by atoms with Gasteiger partial charge >= 0.3 is 0 Å². The summed E-state index contributed by atoms with van der Waals surface area (Å²) in [7, 11) is 14.6. The fraction of sp³-hybridized carbons (Fsp3) is 0.905. The van der Waals surface area contributed by atoms with Crippen molar-refractivity contribution >= 4 is 22.8 Å². The molecule has 0 bridgehead atoms. The van der Waals surface area contributed by atoms with E-state index in [1.54, 1.807) is 28.2 Å². The average molecular weight is 765 g/mol. The highest BCUT2D eigenvalue weighted by Gasteiger charge is 2.32. The maximum absolute atomic E-state index is 9.79. The summed E-state index contributed by atoms with van der Waals surface area (Å²) in [6.45, 7) is 15.4. The van der Waals surface area contributed by atoms with Crippen molar-refractivity contribution in [3.05, 3.63) is 0 Å². The van der Waals surface area contributed by atoms with Crippen molar-refractivity contribution in [3.8, 4) is 0 Å². The fourth-order valence-corrected chi connectivity index (χ4v) is 4.71. The van der Waals surface area contributed by atoms with Crippen LogP contribution < -0.4 is 0 Å². The third kappa shape index (κ3) is 44.1. The predicted octanol–water partition coefficient (Wildman–Crippen LogP) is 10.7. The van der Waals surface area contributed by atoms with E-state index in [0.717, 1.165) is 24.5 Å². The van der Waals surface area contributed by atoms with E-state index >= 15 is 0 Å². The van der Waals surface area contributed by atoms with E-state index in [4.69, 9.17) is 4.74 Å². The Morgan fingerprint density at radius 1 is 0.472 bits per heavy atom. The van der Waals surface area contributed by atoms with E-state index in [-0.39, 0.29) is 54.5 Å². The summed E-state index contributed by atoms with van der Waals surface area (Å²) in [5.41, 5.74) is 2.44. The van der Waals surface area contributed by atoms with Gasteiger partial charge in [0.25, 0.3) is 0 Å². The Morgan fingerprint density at radius 2 is 0.736 bits per heavy atom. The highest BCUT2D eigenvalue weighted by Crippen LogP contribution is 2.11. The van der Waals surface area contributed by atoms with Crippen molar-refractivity contribution in [2.45, 2.75) is 181 Å². The van der Waals surface area contributed by atoms with Gasteiger partial charge in [0.2, 0.25) is 5.79 Å². The van der Waals surface area contributed by atoms with Crippen molar-refractivity contribution in [1.82, 2.24) is 20.0 Å². The van der Waals surface area contributed by atoms with Gasteiger partial charge < -0.3 is 35.0 Å². The number of hydrazone groups is 4. The van der Waals surface area contributed by atoms with Gasteiger partial charge in [-0.15, -0.1) is 0 Å². The molecule has 0 spiro atoms. The van der Waals surface area contributed by atoms with Crippen molar-refractivity contribution < 1.29 is 14.9 Å². The summed E-state index contributed by atoms with van der Waals surface area (Å²) in [6, 6.07) is 0. The zero-order chi connectivity index (χ0) is 37.5. The molecular formula is C42H100N8O3. The first-order valence-corrected chi connectivity index (χ1v) is 18.4. The van der Waals surface area contributed by atoms with Gasteiger partial charge in [-0.2, -0.15) is 20.4 Å². The molecule has 0 aliphatic heterocycles. The summed E-state index contributed by atoms with van der Waals surface area (Å²) in [4.78, 5) is 0. The smallest absolute Gasteiger partial charge is 0.247 e. The van der Waals surface area contributed by atoms with E-state index < -0.39 is 5.79 Å². The minimum atomic E-state index is -2.10. The second-order valence-corrected chi connectivity index (χ2v) is 13.4. The third-order valence-corrected chi connectivity index (χ3v) is 7.32. The van der Waals surface area contributed by atoms with Crippen LogP contribution in [0.1, 0.15) is 175 Å². The van der Waals surface area contributed by atoms with Crippen molar-refractivity contribution in [2.24, 2.45) is 26.3 Å². The van der Waals surface area contributed by atoms with Gasteiger partial charge in [-0.25, -0.2) is 0 Å². The molecule has 0 aliphatic rings. The van der Waals surface area contributed by atoms with Crippen molar-refractivity contribution in [2.75, 3.05) is 69.6 Å². The number of hydrogen-bond donors (Lipinski definition) is 2. The predicted molar refractivity (Wildman–Crippen MR) is 244 cm³/mol. The highest BCUT2D eigenvalue weighted by atomic mass is 16.5. The molecule has 0 aromatic rings. The number of rotatable bonds is 24. The number of unbranched alkanes of at least 4 members (excludes halogenated alkanes) is 12. The minimum absolute atomic E-state index is 0. The summed E-state index contributed by atoms with van der Waals surface area (Å²) in [5.74, 6) is -1.96. The van der Waals surface area contributed by atoms with Crippen LogP contribution in [0.4, 0.5) is 0 Å². The van der Waals surface area contributed by atoms with Crippen molar-refractivity contribution in [3.63, 3.8) is 0 Å². The standard InChI is InChI=1S/C19H40N4O.C9H20N4O2.C9H20.5CH4/c1-8-9-10-11-12-13-14-15-24-16-19(17(2)20-22(4)5)18(3)21-23(6)7;1-7(10-12(3)4)9(14,15)8(2)11-13(5)6;1-3-5-7-9-8-6-4-2;;;;;/h19H,8-16H2,1-7H3;14-15H,1-6H3;3-9H2,1-2H3;5*1H4/b20-17+,21-18+;10-7+,11-8+;;;;;;. The second-order valence-electron chi connectivity index (χ2n) is 13.4. The molecule has 0 rings (SSSR count). The Kier molecular flexibility index (Phi) is 57.3. The van der Waals surface area contributed by atoms with Crippen LogP contribution in [0, 0.1) is 5.92 Å². The zero-order valence-corrected chi connectivity index (χ0v) is 34.3. The molecule has 11 nitrogen and oxygen atoms in total. The highest BCUT2D eigenvalue weighted by molar-refractivity contribution is 6.10. The maximum atomic E-state index is 9.79. The Labute approximate surface area is 334 Å². The SMILES string of the molecule is C.C.C.C.C.C/C(=N\N(C)C)C(O)(O)/C(C)=N/N(C)C.CCCCCCCCC.CCCCCCCCCOCC(/C(C)=N/N(C)C)/C(C)=N/N(C)C. The quantitative estimate of drug-likeness (QED) is 0.0435. The monoisotopic (exact) mass is 765 g/mol. The van der Waals surface area contributed by atoms with E-state index in [1.165, 1.54) is 107 Å². The number of aliphatic hydroxyl groups is 2. The van der Waals surface area contributed by atoms with Crippen LogP contribution in [-0.2, 0) is 4.74 Å². The Morgan fingerprint density at radius 3 is 1.00 bits per heavy atom. The van der Waals surface area contributed by atoms with Gasteiger partial charge in [-0.3, -0.25) is 0 Å². The van der Waals surface area contributed by atoms with Crippen LogP contribution >= 0.6 is 0 Å². The topological polar surface area (TPSA) is 112 Å². The summed E-state index contributed by atoms with van der Waals surface area (Å²) in [6.07, 6.45) is 19.1. The normalized spacial score (nSPS) is 11.5. The molecule has 0 saturated heterocycles. The largest absolute Gasteiger partial charge is 0.380 e. The molecule has 0 saturated carbocycles. The van der Waals surface area contributed by atoms with E-state index in [1.807, 2.05) is 38.2 Å². The van der Waals surface area contributed by atoms with Crippen LogP contribution in [-0.4, -0.2) is 128 Å². The molecule has 326 valence electrons. The third-order valence-electron chi connectivity index (χ3n) is 7.32. The lowest BCUT2D eigenvalue weighted by Crippen LogP contribution is -2.45. The second kappa shape index (κ2) is 44.2. The van der Waals surface area contributed by atoms with Gasteiger partial charge in [0.15, 0.2) is 0 Å². The lowest BCUT2D eigenvalue weighted by molar-refractivity contribution is -0.0402. The first kappa shape index (κ1) is 68.7. The molecular weight excluding hydrogens is 665 g/mol. The zero-order valence-electron chi connectivity index (χ0n) is 34.3. The van der Waals surface area contributed by atoms with Crippen molar-refractivity contribution in [1.29, 1.82) is 0 Å². The molecule has 0 radical (unpaired) electrons. The lowest BCUT2D eigenvalue weighted by Gasteiger charge is -2.23. The molecule has 0 atom stereocenters. The number of ether oxygens (including phenoxy) is 1. The minimum Gasteiger partial charge on any atom is -0.380 e. The maximum Gasteiger partial charge on any atom is 0.247 e. The molecule has 11 heteroatoms. The van der Waals surface area contributed by atoms with E-state index in [2.05, 4.69) is 55.0 Å². The van der Waals surface area contributed by atoms with Gasteiger partial charge in [-0.1, -0.05) is 141 Å². The summed E-state index contributed by atoms with van der Waals surface area (Å²) < 4.78 is 5.93. The summed E-state index contributed by atoms with van der Waals surface area (Å²) in [5, 5.41) is 43.2. The molecule has 0 aromatic carbocycles. The first-order valence-electron chi connectivity index (χ1n) is 18.4. The molecule has 53 heavy (non-hydrogen) atoms. The van der Waals surface area contributed by atoms with Crippen LogP contribution in [0.2, 0.25) is 0 Å². The van der Waals surface area contributed by atoms with Crippen LogP contribution in [0.5, 0.6) is 0 Å².